The van der Waals surface area contributed by atoms with Crippen LogP contribution in [0.2, 0.25) is 0 Å². The van der Waals surface area contributed by atoms with E-state index in [0.29, 0.717) is 11.7 Å². The number of thioether (sulfide) groups is 1. The molecule has 2 atom stereocenters. The van der Waals surface area contributed by atoms with Crippen LogP contribution in [0.15, 0.2) is 0 Å². The summed E-state index contributed by atoms with van der Waals surface area (Å²) in [4.78, 5) is 24.2. The van der Waals surface area contributed by atoms with Crippen molar-refractivity contribution in [2.45, 2.75) is 25.8 Å². The van der Waals surface area contributed by atoms with Crippen LogP contribution >= 0.6 is 11.8 Å². The minimum atomic E-state index is -1.02. The molecular weight excluding hydrogens is 240 g/mol. The minimum absolute atomic E-state index is 0.0964. The van der Waals surface area contributed by atoms with Gasteiger partial charge in [-0.1, -0.05) is 6.92 Å². The summed E-state index contributed by atoms with van der Waals surface area (Å²) in [6, 6.07) is -0.881. The smallest absolute Gasteiger partial charge is 0.321 e. The molecule has 17 heavy (non-hydrogen) atoms. The number of rotatable bonds is 5. The Morgan fingerprint density at radius 3 is 2.88 bits per heavy atom. The molecular formula is C11H20N2O3S. The molecule has 1 saturated heterocycles. The van der Waals surface area contributed by atoms with E-state index in [1.165, 1.54) is 18.2 Å². The second kappa shape index (κ2) is 6.86. The fraction of sp³-hybridized carbons (Fsp3) is 0.818. The van der Waals surface area contributed by atoms with E-state index in [4.69, 9.17) is 10.8 Å². The van der Waals surface area contributed by atoms with Crippen LogP contribution in [0.4, 0.5) is 0 Å². The molecule has 5 nitrogen and oxygen atoms in total. The highest BCUT2D eigenvalue weighted by atomic mass is 32.2. The van der Waals surface area contributed by atoms with E-state index >= 15 is 0 Å². The van der Waals surface area contributed by atoms with Crippen molar-refractivity contribution in [3.63, 3.8) is 0 Å². The Morgan fingerprint density at radius 1 is 1.59 bits per heavy atom. The first kappa shape index (κ1) is 14.3. The third kappa shape index (κ3) is 4.95. The summed E-state index contributed by atoms with van der Waals surface area (Å²) >= 11 is 1.30. The van der Waals surface area contributed by atoms with Gasteiger partial charge in [-0.3, -0.25) is 9.59 Å². The number of hydrogen-bond acceptors (Lipinski definition) is 4. The molecule has 1 heterocycles. The molecule has 98 valence electrons. The van der Waals surface area contributed by atoms with Gasteiger partial charge in [0.15, 0.2) is 0 Å². The maximum Gasteiger partial charge on any atom is 0.321 e. The van der Waals surface area contributed by atoms with Crippen molar-refractivity contribution in [2.24, 2.45) is 11.7 Å². The minimum Gasteiger partial charge on any atom is -0.480 e. The van der Waals surface area contributed by atoms with Crippen LogP contribution in [0, 0.1) is 5.92 Å². The fourth-order valence-corrected chi connectivity index (χ4v) is 2.72. The van der Waals surface area contributed by atoms with Crippen molar-refractivity contribution in [2.75, 3.05) is 24.6 Å². The van der Waals surface area contributed by atoms with Gasteiger partial charge in [0.25, 0.3) is 0 Å². The first-order valence-corrected chi connectivity index (χ1v) is 7.00. The molecule has 0 aromatic rings. The molecule has 1 aliphatic rings. The Bertz CT molecular complexity index is 286. The van der Waals surface area contributed by atoms with Crippen molar-refractivity contribution in [3.05, 3.63) is 0 Å². The zero-order chi connectivity index (χ0) is 12.8. The summed E-state index contributed by atoms with van der Waals surface area (Å²) in [6.07, 6.45) is 2.24. The summed E-state index contributed by atoms with van der Waals surface area (Å²) in [5, 5.41) is 8.60. The molecule has 1 rings (SSSR count). The van der Waals surface area contributed by atoms with Crippen molar-refractivity contribution in [1.82, 2.24) is 4.90 Å². The summed E-state index contributed by atoms with van der Waals surface area (Å²) < 4.78 is 0. The maximum absolute atomic E-state index is 11.8. The predicted molar refractivity (Wildman–Crippen MR) is 67.9 cm³/mol. The first-order valence-electron chi connectivity index (χ1n) is 5.84. The van der Waals surface area contributed by atoms with E-state index in [9.17, 15) is 9.59 Å². The van der Waals surface area contributed by atoms with E-state index in [1.54, 1.807) is 0 Å². The Labute approximate surface area is 106 Å². The van der Waals surface area contributed by atoms with E-state index in [-0.39, 0.29) is 11.7 Å². The number of amides is 1. The molecule has 1 aliphatic heterocycles. The van der Waals surface area contributed by atoms with Gasteiger partial charge < -0.3 is 15.7 Å². The molecule has 0 radical (unpaired) electrons. The highest BCUT2D eigenvalue weighted by Crippen LogP contribution is 2.16. The van der Waals surface area contributed by atoms with Crippen molar-refractivity contribution in [3.8, 4) is 0 Å². The van der Waals surface area contributed by atoms with Gasteiger partial charge in [-0.2, -0.15) is 0 Å². The number of carboxylic acid groups (broad SMARTS) is 1. The second-order valence-electron chi connectivity index (χ2n) is 4.55. The average molecular weight is 260 g/mol. The number of carbonyl (C=O) groups excluding carboxylic acids is 1. The fourth-order valence-electron chi connectivity index (χ4n) is 1.85. The standard InChI is InChI=1S/C11H20N2O3S/c1-8-3-2-4-13(5-8)10(14)7-17-6-9(12)11(15)16/h8-9H,2-7,12H2,1H3,(H,15,16). The normalized spacial score (nSPS) is 22.2. The topological polar surface area (TPSA) is 83.6 Å². The Hall–Kier alpha value is -0.750. The summed E-state index contributed by atoms with van der Waals surface area (Å²) in [6.45, 7) is 3.80. The third-order valence-electron chi connectivity index (χ3n) is 2.85. The lowest BCUT2D eigenvalue weighted by Crippen LogP contribution is -2.40. The SMILES string of the molecule is CC1CCCN(C(=O)CSCC(N)C(=O)O)C1. The van der Waals surface area contributed by atoms with Gasteiger partial charge in [0, 0.05) is 18.8 Å². The van der Waals surface area contributed by atoms with E-state index < -0.39 is 12.0 Å². The van der Waals surface area contributed by atoms with Gasteiger partial charge in [0.05, 0.1) is 5.75 Å². The number of nitrogens with two attached hydrogens (primary N) is 1. The molecule has 6 heteroatoms. The summed E-state index contributed by atoms with van der Waals surface area (Å²) in [7, 11) is 0. The average Bonchev–Trinajstić information content (AvgIpc) is 2.28. The lowest BCUT2D eigenvalue weighted by molar-refractivity contribution is -0.138. The Morgan fingerprint density at radius 2 is 2.29 bits per heavy atom. The lowest BCUT2D eigenvalue weighted by Gasteiger charge is -2.30. The van der Waals surface area contributed by atoms with Gasteiger partial charge in [-0.05, 0) is 18.8 Å². The van der Waals surface area contributed by atoms with Crippen molar-refractivity contribution >= 4 is 23.6 Å². The number of carbonyl (C=O) groups is 2. The van der Waals surface area contributed by atoms with Crippen LogP contribution in [0.25, 0.3) is 0 Å². The number of carboxylic acids is 1. The largest absolute Gasteiger partial charge is 0.480 e. The molecule has 2 unspecified atom stereocenters. The van der Waals surface area contributed by atoms with E-state index in [1.807, 2.05) is 4.90 Å². The highest BCUT2D eigenvalue weighted by Gasteiger charge is 2.21. The molecule has 3 N–H and O–H groups in total. The summed E-state index contributed by atoms with van der Waals surface area (Å²) in [5.41, 5.74) is 5.36. The van der Waals surface area contributed by atoms with Crippen LogP contribution in [0.3, 0.4) is 0 Å². The molecule has 0 bridgehead atoms. The number of aliphatic carboxylic acids is 1. The zero-order valence-corrected chi connectivity index (χ0v) is 10.9. The van der Waals surface area contributed by atoms with Crippen LogP contribution in [0.5, 0.6) is 0 Å². The zero-order valence-electron chi connectivity index (χ0n) is 10.1. The van der Waals surface area contributed by atoms with Crippen LogP contribution < -0.4 is 5.73 Å². The van der Waals surface area contributed by atoms with Crippen LogP contribution in [0.1, 0.15) is 19.8 Å². The monoisotopic (exact) mass is 260 g/mol. The number of likely N-dealkylation sites (tertiary alicyclic amines) is 1. The van der Waals surface area contributed by atoms with E-state index in [2.05, 4.69) is 6.92 Å². The Kier molecular flexibility index (Phi) is 5.77. The van der Waals surface area contributed by atoms with Crippen LogP contribution in [-0.2, 0) is 9.59 Å². The third-order valence-corrected chi connectivity index (χ3v) is 3.90. The van der Waals surface area contributed by atoms with Gasteiger partial charge in [0.2, 0.25) is 5.91 Å². The maximum atomic E-state index is 11.8. The number of nitrogens with zero attached hydrogens (tertiary/aromatic N) is 1. The molecule has 0 saturated carbocycles. The van der Waals surface area contributed by atoms with Gasteiger partial charge in [-0.15, -0.1) is 11.8 Å². The quantitative estimate of drug-likeness (QED) is 0.747. The van der Waals surface area contributed by atoms with Crippen LogP contribution in [-0.4, -0.2) is 52.5 Å². The van der Waals surface area contributed by atoms with Gasteiger partial charge in [-0.25, -0.2) is 0 Å². The molecule has 0 aromatic carbocycles. The van der Waals surface area contributed by atoms with E-state index in [0.717, 1.165) is 19.5 Å². The van der Waals surface area contributed by atoms with Gasteiger partial charge in [0.1, 0.15) is 6.04 Å². The molecule has 0 aliphatic carbocycles. The number of piperidine rings is 1. The molecule has 1 fully saturated rings. The molecule has 0 aromatic heterocycles. The predicted octanol–water partition coefficient (Wildman–Crippen LogP) is 0.390. The summed E-state index contributed by atoms with van der Waals surface area (Å²) in [5.74, 6) is 0.257. The lowest BCUT2D eigenvalue weighted by atomic mass is 10.0. The molecule has 0 spiro atoms. The first-order chi connectivity index (χ1) is 8.00. The second-order valence-corrected chi connectivity index (χ2v) is 5.58. The molecule has 1 amide bonds. The Balaban J connectivity index is 2.22. The van der Waals surface area contributed by atoms with Gasteiger partial charge >= 0.3 is 5.97 Å². The van der Waals surface area contributed by atoms with Crippen molar-refractivity contribution < 1.29 is 14.7 Å². The highest BCUT2D eigenvalue weighted by molar-refractivity contribution is 8.00. The van der Waals surface area contributed by atoms with Crippen molar-refractivity contribution in [1.29, 1.82) is 0 Å². The number of hydrogen-bond donors (Lipinski definition) is 2.